The van der Waals surface area contributed by atoms with Crippen molar-refractivity contribution in [2.24, 2.45) is 11.8 Å². The maximum Gasteiger partial charge on any atom is 0.161 e. The van der Waals surface area contributed by atoms with E-state index in [4.69, 9.17) is 18.9 Å². The van der Waals surface area contributed by atoms with Crippen LogP contribution in [0.15, 0.2) is 12.7 Å². The van der Waals surface area contributed by atoms with Gasteiger partial charge in [-0.15, -0.1) is 6.58 Å². The minimum atomic E-state index is 0.00822. The third-order valence-corrected chi connectivity index (χ3v) is 4.45. The van der Waals surface area contributed by atoms with Gasteiger partial charge in [-0.3, -0.25) is 0 Å². The molecule has 0 N–H and O–H groups in total. The predicted octanol–water partition coefficient (Wildman–Crippen LogP) is 2.48. The van der Waals surface area contributed by atoms with Crippen LogP contribution in [0, 0.1) is 11.8 Å². The van der Waals surface area contributed by atoms with Crippen LogP contribution >= 0.6 is 0 Å². The largest absolute Gasteiger partial charge is 0.353 e. The van der Waals surface area contributed by atoms with Crippen molar-refractivity contribution in [1.29, 1.82) is 0 Å². The lowest BCUT2D eigenvalue weighted by molar-refractivity contribution is -0.182. The number of ether oxygens (including phenoxy) is 4. The van der Waals surface area contributed by atoms with E-state index >= 15 is 0 Å². The van der Waals surface area contributed by atoms with Crippen molar-refractivity contribution in [1.82, 2.24) is 0 Å². The van der Waals surface area contributed by atoms with Gasteiger partial charge in [-0.25, -0.2) is 0 Å². The van der Waals surface area contributed by atoms with Crippen molar-refractivity contribution >= 4 is 0 Å². The van der Waals surface area contributed by atoms with Gasteiger partial charge < -0.3 is 18.9 Å². The van der Waals surface area contributed by atoms with Crippen molar-refractivity contribution < 1.29 is 18.9 Å². The van der Waals surface area contributed by atoms with Gasteiger partial charge in [-0.2, -0.15) is 0 Å². The van der Waals surface area contributed by atoms with Gasteiger partial charge in [0, 0.05) is 5.92 Å². The van der Waals surface area contributed by atoms with E-state index in [0.29, 0.717) is 11.8 Å². The number of rotatable bonds is 5. The van der Waals surface area contributed by atoms with Crippen LogP contribution in [0.2, 0.25) is 0 Å². The molecule has 0 bridgehead atoms. The molecule has 0 aromatic heterocycles. The minimum absolute atomic E-state index is 0.00822. The van der Waals surface area contributed by atoms with Crippen LogP contribution < -0.4 is 0 Å². The molecule has 3 rings (SSSR count). The van der Waals surface area contributed by atoms with E-state index in [1.807, 2.05) is 6.08 Å². The maximum absolute atomic E-state index is 5.89. The van der Waals surface area contributed by atoms with Crippen molar-refractivity contribution in [3.8, 4) is 0 Å². The van der Waals surface area contributed by atoms with E-state index < -0.39 is 0 Å². The minimum Gasteiger partial charge on any atom is -0.353 e. The highest BCUT2D eigenvalue weighted by atomic mass is 16.7. The summed E-state index contributed by atoms with van der Waals surface area (Å²) in [5.41, 5.74) is 0. The lowest BCUT2D eigenvalue weighted by Crippen LogP contribution is -2.25. The average molecular weight is 268 g/mol. The molecular formula is C15H24O4. The van der Waals surface area contributed by atoms with E-state index in [-0.39, 0.29) is 18.7 Å². The molecule has 4 unspecified atom stereocenters. The van der Waals surface area contributed by atoms with Gasteiger partial charge in [0.1, 0.15) is 0 Å². The van der Waals surface area contributed by atoms with E-state index in [2.05, 4.69) is 6.58 Å². The lowest BCUT2D eigenvalue weighted by Gasteiger charge is -2.24. The molecule has 0 aromatic carbocycles. The van der Waals surface area contributed by atoms with Crippen molar-refractivity contribution in [3.05, 3.63) is 12.7 Å². The third-order valence-electron chi connectivity index (χ3n) is 4.45. The third kappa shape index (κ3) is 3.02. The Labute approximate surface area is 115 Å². The molecule has 108 valence electrons. The van der Waals surface area contributed by atoms with Crippen LogP contribution in [0.5, 0.6) is 0 Å². The molecular weight excluding hydrogens is 244 g/mol. The number of fused-ring (bicyclic) bond motifs is 1. The Balaban J connectivity index is 1.46. The Morgan fingerprint density at radius 3 is 2.68 bits per heavy atom. The first-order valence-electron chi connectivity index (χ1n) is 7.51. The van der Waals surface area contributed by atoms with E-state index in [1.54, 1.807) is 0 Å². The van der Waals surface area contributed by atoms with Gasteiger partial charge in [0.15, 0.2) is 12.6 Å². The fraction of sp³-hybridized carbons (Fsp3) is 0.867. The van der Waals surface area contributed by atoms with Crippen LogP contribution in [0.1, 0.15) is 32.1 Å². The van der Waals surface area contributed by atoms with Gasteiger partial charge in [-0.05, 0) is 38.0 Å². The molecule has 4 atom stereocenters. The van der Waals surface area contributed by atoms with E-state index in [0.717, 1.165) is 51.9 Å². The lowest BCUT2D eigenvalue weighted by atomic mass is 9.84. The summed E-state index contributed by atoms with van der Waals surface area (Å²) in [7, 11) is 0. The average Bonchev–Trinajstić information content (AvgIpc) is 3.02. The van der Waals surface area contributed by atoms with Crippen LogP contribution in [-0.4, -0.2) is 38.5 Å². The molecule has 19 heavy (non-hydrogen) atoms. The molecule has 0 spiro atoms. The molecule has 0 aliphatic carbocycles. The van der Waals surface area contributed by atoms with Crippen molar-refractivity contribution in [2.45, 2.75) is 50.8 Å². The highest BCUT2D eigenvalue weighted by Gasteiger charge is 2.46. The van der Waals surface area contributed by atoms with Gasteiger partial charge in [0.25, 0.3) is 0 Å². The molecule has 3 heterocycles. The first-order valence-corrected chi connectivity index (χ1v) is 7.51. The summed E-state index contributed by atoms with van der Waals surface area (Å²) in [6.45, 7) is 6.40. The predicted molar refractivity (Wildman–Crippen MR) is 70.6 cm³/mol. The van der Waals surface area contributed by atoms with Crippen LogP contribution in [0.3, 0.4) is 0 Å². The standard InChI is InChI=1S/C15H24O4/c1-2-13-11(12-7-10-18-15(12)19-13)5-3-6-14-16-8-4-9-17-14/h2,11-15H,1,3-10H2. The summed E-state index contributed by atoms with van der Waals surface area (Å²) in [6, 6.07) is 0. The Morgan fingerprint density at radius 2 is 1.89 bits per heavy atom. The fourth-order valence-corrected chi connectivity index (χ4v) is 3.47. The Kier molecular flexibility index (Phi) is 4.53. The summed E-state index contributed by atoms with van der Waals surface area (Å²) in [5, 5.41) is 0. The maximum atomic E-state index is 5.89. The van der Waals surface area contributed by atoms with Gasteiger partial charge in [0.2, 0.25) is 0 Å². The molecule has 3 saturated heterocycles. The quantitative estimate of drug-likeness (QED) is 0.718. The van der Waals surface area contributed by atoms with Gasteiger partial charge in [-0.1, -0.05) is 6.08 Å². The first-order chi connectivity index (χ1) is 9.38. The Morgan fingerprint density at radius 1 is 1.05 bits per heavy atom. The highest BCUT2D eigenvalue weighted by Crippen LogP contribution is 2.42. The highest BCUT2D eigenvalue weighted by molar-refractivity contribution is 4.97. The zero-order valence-corrected chi connectivity index (χ0v) is 11.5. The normalized spacial score (nSPS) is 39.4. The van der Waals surface area contributed by atoms with E-state index in [1.165, 1.54) is 0 Å². The second-order valence-corrected chi connectivity index (χ2v) is 5.65. The van der Waals surface area contributed by atoms with Crippen molar-refractivity contribution in [3.63, 3.8) is 0 Å². The molecule has 4 heteroatoms. The summed E-state index contributed by atoms with van der Waals surface area (Å²) >= 11 is 0. The number of hydrogen-bond acceptors (Lipinski definition) is 4. The Hall–Kier alpha value is -0.420. The van der Waals surface area contributed by atoms with Crippen molar-refractivity contribution in [2.75, 3.05) is 19.8 Å². The summed E-state index contributed by atoms with van der Waals surface area (Å²) < 4.78 is 22.7. The Bertz CT molecular complexity index is 301. The molecule has 0 radical (unpaired) electrons. The van der Waals surface area contributed by atoms with Crippen LogP contribution in [-0.2, 0) is 18.9 Å². The SMILES string of the molecule is C=CC1OC2OCCC2C1CCCC1OCCCO1. The molecule has 0 aromatic rings. The topological polar surface area (TPSA) is 36.9 Å². The van der Waals surface area contributed by atoms with Crippen LogP contribution in [0.4, 0.5) is 0 Å². The molecule has 3 aliphatic heterocycles. The van der Waals surface area contributed by atoms with Gasteiger partial charge >= 0.3 is 0 Å². The zero-order valence-electron chi connectivity index (χ0n) is 11.5. The summed E-state index contributed by atoms with van der Waals surface area (Å²) in [4.78, 5) is 0. The molecule has 3 fully saturated rings. The monoisotopic (exact) mass is 268 g/mol. The second kappa shape index (κ2) is 6.35. The smallest absolute Gasteiger partial charge is 0.161 e. The first kappa shape index (κ1) is 13.6. The second-order valence-electron chi connectivity index (χ2n) is 5.65. The summed E-state index contributed by atoms with van der Waals surface area (Å²) in [6.07, 6.45) is 7.49. The number of hydrogen-bond donors (Lipinski definition) is 0. The molecule has 4 nitrogen and oxygen atoms in total. The molecule has 3 aliphatic rings. The van der Waals surface area contributed by atoms with E-state index in [9.17, 15) is 0 Å². The molecule has 0 saturated carbocycles. The van der Waals surface area contributed by atoms with Gasteiger partial charge in [0.05, 0.1) is 25.9 Å². The van der Waals surface area contributed by atoms with Crippen LogP contribution in [0.25, 0.3) is 0 Å². The zero-order chi connectivity index (χ0) is 13.1. The fourth-order valence-electron chi connectivity index (χ4n) is 3.47. The molecule has 0 amide bonds. The summed E-state index contributed by atoms with van der Waals surface area (Å²) in [5.74, 6) is 1.10.